The van der Waals surface area contributed by atoms with E-state index in [9.17, 15) is 27.6 Å². The van der Waals surface area contributed by atoms with Crippen LogP contribution in [0.1, 0.15) is 24.8 Å². The van der Waals surface area contributed by atoms with E-state index in [1.54, 1.807) is 4.90 Å². The number of fused-ring (bicyclic) bond motifs is 1. The van der Waals surface area contributed by atoms with E-state index in [0.717, 1.165) is 17.2 Å². The first-order chi connectivity index (χ1) is 14.8. The lowest BCUT2D eigenvalue weighted by molar-refractivity contribution is -0.146. The molecule has 2 saturated heterocycles. The average molecular weight is 436 g/mol. The highest BCUT2D eigenvalue weighted by molar-refractivity contribution is 6.07. The van der Waals surface area contributed by atoms with Gasteiger partial charge < -0.3 is 9.80 Å². The van der Waals surface area contributed by atoms with Crippen LogP contribution in [0.2, 0.25) is 0 Å². The molecule has 0 spiro atoms. The van der Waals surface area contributed by atoms with Gasteiger partial charge in [0.2, 0.25) is 17.7 Å². The summed E-state index contributed by atoms with van der Waals surface area (Å²) in [6.07, 6.45) is 1.82. The second-order valence-electron chi connectivity index (χ2n) is 8.04. The van der Waals surface area contributed by atoms with Gasteiger partial charge in [0.1, 0.15) is 12.4 Å². The van der Waals surface area contributed by atoms with E-state index in [0.29, 0.717) is 51.3 Å². The molecule has 0 bridgehead atoms. The van der Waals surface area contributed by atoms with Crippen LogP contribution in [0.4, 0.5) is 19.0 Å². The number of pyridine rings is 1. The molecular formula is C21H23F3N4O3. The van der Waals surface area contributed by atoms with E-state index in [2.05, 4.69) is 4.98 Å². The Morgan fingerprint density at radius 2 is 1.68 bits per heavy atom. The summed E-state index contributed by atoms with van der Waals surface area (Å²) in [7, 11) is 0. The summed E-state index contributed by atoms with van der Waals surface area (Å²) >= 11 is 0. The fourth-order valence-corrected chi connectivity index (χ4v) is 4.40. The second kappa shape index (κ2) is 8.32. The second-order valence-corrected chi connectivity index (χ2v) is 8.04. The van der Waals surface area contributed by atoms with Crippen LogP contribution in [-0.4, -0.2) is 65.2 Å². The molecular weight excluding hydrogens is 413 g/mol. The molecule has 3 heterocycles. The Morgan fingerprint density at radius 3 is 2.26 bits per heavy atom. The van der Waals surface area contributed by atoms with Crippen molar-refractivity contribution in [2.24, 2.45) is 11.8 Å². The van der Waals surface area contributed by atoms with Crippen molar-refractivity contribution < 1.29 is 27.6 Å². The van der Waals surface area contributed by atoms with Crippen molar-refractivity contribution in [1.82, 2.24) is 14.8 Å². The molecule has 1 aromatic heterocycles. The lowest BCUT2D eigenvalue weighted by atomic mass is 9.85. The van der Waals surface area contributed by atoms with Crippen LogP contribution >= 0.6 is 0 Å². The maximum absolute atomic E-state index is 12.8. The highest BCUT2D eigenvalue weighted by Crippen LogP contribution is 2.35. The Hall–Kier alpha value is -2.91. The summed E-state index contributed by atoms with van der Waals surface area (Å²) in [5.74, 6) is -1.16. The van der Waals surface area contributed by atoms with Gasteiger partial charge in [-0.15, -0.1) is 0 Å². The molecule has 0 radical (unpaired) electrons. The normalized spacial score (nSPS) is 24.4. The molecule has 7 nitrogen and oxygen atoms in total. The van der Waals surface area contributed by atoms with E-state index in [1.165, 1.54) is 6.07 Å². The Bertz CT molecular complexity index is 874. The Kier molecular flexibility index (Phi) is 5.72. The average Bonchev–Trinajstić information content (AvgIpc) is 2.93. The fourth-order valence-electron chi connectivity index (χ4n) is 4.40. The molecule has 0 saturated carbocycles. The quantitative estimate of drug-likeness (QED) is 0.536. The molecule has 2 atom stereocenters. The summed E-state index contributed by atoms with van der Waals surface area (Å²) in [6, 6.07) is 2.33. The highest BCUT2D eigenvalue weighted by Gasteiger charge is 2.48. The van der Waals surface area contributed by atoms with Crippen molar-refractivity contribution in [3.05, 3.63) is 36.0 Å². The number of amides is 3. The number of hydrogen-bond donors (Lipinski definition) is 0. The molecule has 166 valence electrons. The van der Waals surface area contributed by atoms with E-state index in [1.807, 2.05) is 17.1 Å². The summed E-state index contributed by atoms with van der Waals surface area (Å²) in [6.45, 7) is 1.47. The first kappa shape index (κ1) is 21.3. The van der Waals surface area contributed by atoms with Gasteiger partial charge in [-0.3, -0.25) is 19.3 Å². The number of allylic oxidation sites excluding steroid dienone is 2. The zero-order chi connectivity index (χ0) is 22.2. The first-order valence-corrected chi connectivity index (χ1v) is 10.3. The fraction of sp³-hybridized carbons (Fsp3) is 0.524. The van der Waals surface area contributed by atoms with Crippen molar-refractivity contribution in [2.45, 2.75) is 25.4 Å². The molecule has 2 aliphatic heterocycles. The largest absolute Gasteiger partial charge is 0.417 e. The van der Waals surface area contributed by atoms with Crippen molar-refractivity contribution in [3.8, 4) is 0 Å². The molecule has 31 heavy (non-hydrogen) atoms. The summed E-state index contributed by atoms with van der Waals surface area (Å²) < 4.78 is 38.2. The summed E-state index contributed by atoms with van der Waals surface area (Å²) in [5, 5.41) is 0. The predicted octanol–water partition coefficient (Wildman–Crippen LogP) is 2.09. The van der Waals surface area contributed by atoms with E-state index in [4.69, 9.17) is 0 Å². The Balaban J connectivity index is 1.36. The monoisotopic (exact) mass is 436 g/mol. The van der Waals surface area contributed by atoms with Crippen molar-refractivity contribution in [3.63, 3.8) is 0 Å². The molecule has 4 rings (SSSR count). The molecule has 2 fully saturated rings. The number of aromatic nitrogens is 1. The molecule has 0 aromatic carbocycles. The third kappa shape index (κ3) is 4.28. The van der Waals surface area contributed by atoms with E-state index < -0.39 is 11.7 Å². The molecule has 0 N–H and O–H groups in total. The van der Waals surface area contributed by atoms with Crippen molar-refractivity contribution >= 4 is 23.5 Å². The lowest BCUT2D eigenvalue weighted by Crippen LogP contribution is -2.44. The van der Waals surface area contributed by atoms with Crippen molar-refractivity contribution in [1.29, 1.82) is 0 Å². The maximum atomic E-state index is 12.8. The Labute approximate surface area is 177 Å². The minimum atomic E-state index is -4.44. The third-order valence-electron chi connectivity index (χ3n) is 6.14. The molecule has 3 amide bonds. The van der Waals surface area contributed by atoms with Crippen LogP contribution in [0.15, 0.2) is 30.5 Å². The first-order valence-electron chi connectivity index (χ1n) is 10.3. The van der Waals surface area contributed by atoms with E-state index >= 15 is 0 Å². The number of rotatable bonds is 3. The standard InChI is InChI=1S/C21H23F3N4O3/c22-21(23,24)14-6-7-17(25-12-14)26-8-3-9-27(11-10-26)18(29)13-28-19(30)15-4-1-2-5-16(15)20(28)31/h1-2,6-7,12,15-16H,3-5,8-11,13H2/t15-,16+. The number of alkyl halides is 3. The number of anilines is 1. The van der Waals surface area contributed by atoms with Crippen LogP contribution in [-0.2, 0) is 20.6 Å². The van der Waals surface area contributed by atoms with Crippen LogP contribution < -0.4 is 4.90 Å². The van der Waals surface area contributed by atoms with Crippen LogP contribution in [0, 0.1) is 11.8 Å². The van der Waals surface area contributed by atoms with Gasteiger partial charge in [-0.1, -0.05) is 12.2 Å². The molecule has 10 heteroatoms. The molecule has 1 aliphatic carbocycles. The van der Waals surface area contributed by atoms with Gasteiger partial charge in [-0.25, -0.2) is 4.98 Å². The van der Waals surface area contributed by atoms with Gasteiger partial charge in [-0.2, -0.15) is 13.2 Å². The lowest BCUT2D eigenvalue weighted by Gasteiger charge is -2.24. The number of imide groups is 1. The summed E-state index contributed by atoms with van der Waals surface area (Å²) in [5.41, 5.74) is -0.807. The number of halogens is 3. The topological polar surface area (TPSA) is 73.8 Å². The number of likely N-dealkylation sites (tertiary alicyclic amines) is 1. The molecule has 1 aromatic rings. The van der Waals surface area contributed by atoms with Gasteiger partial charge in [0.25, 0.3) is 0 Å². The SMILES string of the molecule is O=C(CN1C(=O)[C@H]2CC=CC[C@H]2C1=O)N1CCCN(c2ccc(C(F)(F)F)cn2)CC1. The van der Waals surface area contributed by atoms with Crippen LogP contribution in [0.5, 0.6) is 0 Å². The number of carbonyl (C=O) groups excluding carboxylic acids is 3. The zero-order valence-electron chi connectivity index (χ0n) is 16.8. The zero-order valence-corrected chi connectivity index (χ0v) is 16.8. The van der Waals surface area contributed by atoms with Crippen molar-refractivity contribution in [2.75, 3.05) is 37.6 Å². The van der Waals surface area contributed by atoms with E-state index in [-0.39, 0.29) is 36.1 Å². The van der Waals surface area contributed by atoms with Crippen LogP contribution in [0.3, 0.4) is 0 Å². The number of hydrogen-bond acceptors (Lipinski definition) is 5. The number of nitrogens with zero attached hydrogens (tertiary/aromatic N) is 4. The smallest absolute Gasteiger partial charge is 0.355 e. The van der Waals surface area contributed by atoms with Gasteiger partial charge in [0.05, 0.1) is 17.4 Å². The van der Waals surface area contributed by atoms with Crippen LogP contribution in [0.25, 0.3) is 0 Å². The third-order valence-corrected chi connectivity index (χ3v) is 6.14. The van der Waals surface area contributed by atoms with Gasteiger partial charge >= 0.3 is 6.18 Å². The highest BCUT2D eigenvalue weighted by atomic mass is 19.4. The van der Waals surface area contributed by atoms with Gasteiger partial charge in [-0.05, 0) is 31.4 Å². The molecule has 0 unspecified atom stereocenters. The Morgan fingerprint density at radius 1 is 1.00 bits per heavy atom. The number of carbonyl (C=O) groups is 3. The van der Waals surface area contributed by atoms with Gasteiger partial charge in [0, 0.05) is 32.4 Å². The maximum Gasteiger partial charge on any atom is 0.417 e. The minimum Gasteiger partial charge on any atom is -0.355 e. The summed E-state index contributed by atoms with van der Waals surface area (Å²) in [4.78, 5) is 46.4. The molecule has 3 aliphatic rings. The predicted molar refractivity (Wildman–Crippen MR) is 105 cm³/mol. The minimum absolute atomic E-state index is 0.261. The van der Waals surface area contributed by atoms with Gasteiger partial charge in [0.15, 0.2) is 0 Å².